The number of terminal acetylenes is 2. The lowest BCUT2D eigenvalue weighted by Gasteiger charge is -2.26. The summed E-state index contributed by atoms with van der Waals surface area (Å²) in [6.07, 6.45) is 10.6. The van der Waals surface area contributed by atoms with Gasteiger partial charge in [0.25, 0.3) is 0 Å². The molecule has 226 valence electrons. The van der Waals surface area contributed by atoms with E-state index in [1.54, 1.807) is 0 Å². The predicted octanol–water partition coefficient (Wildman–Crippen LogP) is 10.9. The Hall–Kier alpha value is -6.84. The lowest BCUT2D eigenvalue weighted by Crippen LogP contribution is -2.10. The Kier molecular flexibility index (Phi) is 9.41. The normalized spacial score (nSPS) is 9.92. The third kappa shape index (κ3) is 7.17. The maximum absolute atomic E-state index is 5.32. The molecule has 0 amide bonds. The molecular weight excluding hydrogens is 581 g/mol. The first-order valence-corrected chi connectivity index (χ1v) is 15.6. The second kappa shape index (κ2) is 14.5. The zero-order valence-electron chi connectivity index (χ0n) is 26.9. The van der Waals surface area contributed by atoms with Gasteiger partial charge in [0.15, 0.2) is 0 Å². The number of nitrogens with zero attached hydrogens (tertiary/aromatic N) is 2. The minimum absolute atomic E-state index is 0.881. The lowest BCUT2D eigenvalue weighted by atomic mass is 10.0. The van der Waals surface area contributed by atoms with Crippen molar-refractivity contribution in [1.29, 1.82) is 0 Å². The summed E-state index contributed by atoms with van der Waals surface area (Å²) in [5.41, 5.74) is 12.8. The number of hydrogen-bond donors (Lipinski definition) is 0. The van der Waals surface area contributed by atoms with E-state index in [9.17, 15) is 0 Å². The van der Waals surface area contributed by atoms with E-state index in [-0.39, 0.29) is 0 Å². The van der Waals surface area contributed by atoms with Gasteiger partial charge in [-0.05, 0) is 146 Å². The van der Waals surface area contributed by atoms with Crippen molar-refractivity contribution in [3.05, 3.63) is 168 Å². The average molecular weight is 613 g/mol. The van der Waals surface area contributed by atoms with Crippen LogP contribution in [0.3, 0.4) is 0 Å². The van der Waals surface area contributed by atoms with Crippen molar-refractivity contribution in [3.8, 4) is 59.5 Å². The molecule has 0 aliphatic heterocycles. The highest BCUT2D eigenvalue weighted by Crippen LogP contribution is 2.38. The van der Waals surface area contributed by atoms with E-state index < -0.39 is 0 Å². The van der Waals surface area contributed by atoms with Gasteiger partial charge in [0.1, 0.15) is 0 Å². The Morgan fingerprint density at radius 2 is 0.604 bits per heavy atom. The van der Waals surface area contributed by atoms with Crippen molar-refractivity contribution in [3.63, 3.8) is 0 Å². The highest BCUT2D eigenvalue weighted by molar-refractivity contribution is 5.81. The van der Waals surface area contributed by atoms with Crippen LogP contribution in [0.25, 0.3) is 11.1 Å². The summed E-state index contributed by atoms with van der Waals surface area (Å²) >= 11 is 0. The van der Waals surface area contributed by atoms with Gasteiger partial charge in [-0.1, -0.05) is 71.5 Å². The van der Waals surface area contributed by atoms with Crippen LogP contribution in [-0.2, 0) is 0 Å². The van der Waals surface area contributed by atoms with Gasteiger partial charge < -0.3 is 9.80 Å². The Morgan fingerprint density at radius 1 is 0.354 bits per heavy atom. The third-order valence-electron chi connectivity index (χ3n) is 7.98. The molecule has 0 fully saturated rings. The molecule has 2 heteroatoms. The Bertz CT molecular complexity index is 2060. The van der Waals surface area contributed by atoms with Gasteiger partial charge in [-0.2, -0.15) is 0 Å². The number of anilines is 6. The van der Waals surface area contributed by atoms with Crippen LogP contribution in [0.5, 0.6) is 0 Å². The first-order valence-electron chi connectivity index (χ1n) is 15.6. The molecule has 6 rings (SSSR count). The number of hydrogen-bond acceptors (Lipinski definition) is 2. The molecule has 0 aromatic heterocycles. The van der Waals surface area contributed by atoms with Gasteiger partial charge in [-0.15, -0.1) is 12.8 Å². The molecule has 0 radical (unpaired) electrons. The summed E-state index contributed by atoms with van der Waals surface area (Å²) in [6.45, 7) is 4.20. The fraction of sp³-hybridized carbons (Fsp3) is 0.0435. The van der Waals surface area contributed by atoms with Crippen LogP contribution in [0.1, 0.15) is 22.3 Å². The van der Waals surface area contributed by atoms with Gasteiger partial charge in [0.2, 0.25) is 0 Å². The van der Waals surface area contributed by atoms with Gasteiger partial charge >= 0.3 is 0 Å². The van der Waals surface area contributed by atoms with Gasteiger partial charge in [-0.3, -0.25) is 0 Å². The van der Waals surface area contributed by atoms with Crippen molar-refractivity contribution in [2.75, 3.05) is 9.80 Å². The second-order valence-corrected chi connectivity index (χ2v) is 11.3. The molecule has 6 aromatic rings. The van der Waals surface area contributed by atoms with E-state index in [4.69, 9.17) is 12.8 Å². The zero-order valence-corrected chi connectivity index (χ0v) is 26.9. The van der Waals surface area contributed by atoms with Crippen LogP contribution >= 0.6 is 0 Å². The van der Waals surface area contributed by atoms with Crippen LogP contribution in [0, 0.1) is 62.2 Å². The lowest BCUT2D eigenvalue weighted by molar-refractivity contribution is 1.27. The molecule has 0 saturated heterocycles. The minimum atomic E-state index is 0.881. The van der Waals surface area contributed by atoms with E-state index in [0.717, 1.165) is 56.4 Å². The summed E-state index contributed by atoms with van der Waals surface area (Å²) in [5, 5.41) is 0. The molecule has 0 atom stereocenters. The molecule has 0 unspecified atom stereocenters. The second-order valence-electron chi connectivity index (χ2n) is 11.3. The highest BCUT2D eigenvalue weighted by Gasteiger charge is 2.15. The smallest absolute Gasteiger partial charge is 0.0462 e. The van der Waals surface area contributed by atoms with Gasteiger partial charge in [-0.25, -0.2) is 0 Å². The third-order valence-corrected chi connectivity index (χ3v) is 7.98. The Morgan fingerprint density at radius 3 is 0.875 bits per heavy atom. The quantitative estimate of drug-likeness (QED) is 0.166. The van der Waals surface area contributed by atoms with E-state index in [1.807, 2.05) is 24.3 Å². The first kappa shape index (κ1) is 31.2. The van der Waals surface area contributed by atoms with E-state index in [1.165, 1.54) is 11.1 Å². The minimum Gasteiger partial charge on any atom is -0.311 e. The van der Waals surface area contributed by atoms with E-state index in [2.05, 4.69) is 180 Å². The average Bonchev–Trinajstić information content (AvgIpc) is 3.13. The molecule has 0 N–H and O–H groups in total. The topological polar surface area (TPSA) is 6.48 Å². The number of rotatable bonds is 7. The largest absolute Gasteiger partial charge is 0.311 e. The molecule has 0 spiro atoms. The summed E-state index contributed by atoms with van der Waals surface area (Å²) in [7, 11) is 0. The molecule has 0 aliphatic rings. The van der Waals surface area contributed by atoms with Crippen LogP contribution in [0.4, 0.5) is 34.1 Å². The number of benzene rings is 6. The number of aryl methyl sites for hydroxylation is 2. The van der Waals surface area contributed by atoms with Crippen LogP contribution < -0.4 is 9.80 Å². The zero-order chi connectivity index (χ0) is 33.3. The molecule has 0 aliphatic carbocycles. The van der Waals surface area contributed by atoms with Gasteiger partial charge in [0.05, 0.1) is 0 Å². The van der Waals surface area contributed by atoms with Crippen molar-refractivity contribution >= 4 is 34.1 Å². The standard InChI is InChI=1S/C46H32N2/c1-5-7-9-37-15-27-43(28-16-37)47(41-23-11-35(3)12-24-41)45-31-19-39(20-32-45)40-21-33-46(34-22-40)48(42-25-13-36(4)14-26-42)44-29-17-38(18-30-44)10-8-6-2/h1-2,11-34H,3-4H3. The molecule has 2 nitrogen and oxygen atoms in total. The van der Waals surface area contributed by atoms with Crippen molar-refractivity contribution in [1.82, 2.24) is 0 Å². The summed E-state index contributed by atoms with van der Waals surface area (Å²) < 4.78 is 0. The van der Waals surface area contributed by atoms with Crippen molar-refractivity contribution in [2.24, 2.45) is 0 Å². The molecule has 48 heavy (non-hydrogen) atoms. The van der Waals surface area contributed by atoms with Gasteiger partial charge in [0, 0.05) is 45.3 Å². The van der Waals surface area contributed by atoms with Crippen molar-refractivity contribution in [2.45, 2.75) is 13.8 Å². The van der Waals surface area contributed by atoms with E-state index >= 15 is 0 Å². The molecule has 0 bridgehead atoms. The maximum Gasteiger partial charge on any atom is 0.0462 e. The molecule has 0 saturated carbocycles. The summed E-state index contributed by atoms with van der Waals surface area (Å²) in [4.78, 5) is 4.49. The van der Waals surface area contributed by atoms with Crippen molar-refractivity contribution < 1.29 is 0 Å². The SMILES string of the molecule is C#CC#Cc1ccc(N(c2ccc(C)cc2)c2ccc(-c3ccc(N(c4ccc(C)cc4)c4ccc(C#CC#C)cc4)cc3)cc2)cc1. The van der Waals surface area contributed by atoms with Crippen LogP contribution in [0.2, 0.25) is 0 Å². The predicted molar refractivity (Wildman–Crippen MR) is 202 cm³/mol. The first-order chi connectivity index (χ1) is 23.5. The van der Waals surface area contributed by atoms with Crippen LogP contribution in [0.15, 0.2) is 146 Å². The summed E-state index contributed by atoms with van der Waals surface area (Å²) in [5.74, 6) is 16.1. The molecular formula is C46H32N2. The van der Waals surface area contributed by atoms with Crippen LogP contribution in [-0.4, -0.2) is 0 Å². The summed E-state index contributed by atoms with van der Waals surface area (Å²) in [6, 6.07) is 50.7. The Balaban J connectivity index is 1.31. The fourth-order valence-corrected chi connectivity index (χ4v) is 5.49. The fourth-order valence-electron chi connectivity index (χ4n) is 5.49. The maximum atomic E-state index is 5.32. The molecule has 0 heterocycles. The Labute approximate surface area is 284 Å². The highest BCUT2D eigenvalue weighted by atomic mass is 15.1. The molecule has 6 aromatic carbocycles. The van der Waals surface area contributed by atoms with E-state index in [0.29, 0.717) is 0 Å². The monoisotopic (exact) mass is 612 g/mol.